The zero-order valence-corrected chi connectivity index (χ0v) is 11.4. The molecule has 1 aliphatic heterocycles. The highest BCUT2D eigenvalue weighted by Crippen LogP contribution is 2.14. The van der Waals surface area contributed by atoms with Gasteiger partial charge in [0, 0.05) is 13.1 Å². The van der Waals surface area contributed by atoms with E-state index in [-0.39, 0.29) is 17.8 Å². The lowest BCUT2D eigenvalue weighted by Crippen LogP contribution is -2.39. The van der Waals surface area contributed by atoms with Crippen molar-refractivity contribution in [3.05, 3.63) is 35.6 Å². The second kappa shape index (κ2) is 6.66. The Morgan fingerprint density at radius 1 is 1.42 bits per heavy atom. The number of amides is 1. The van der Waals surface area contributed by atoms with Gasteiger partial charge in [0.2, 0.25) is 5.91 Å². The molecule has 1 aromatic rings. The lowest BCUT2D eigenvalue weighted by molar-refractivity contribution is -0.129. The van der Waals surface area contributed by atoms with E-state index in [1.807, 2.05) is 11.0 Å². The smallest absolute Gasteiger partial charge is 0.239 e. The van der Waals surface area contributed by atoms with Crippen LogP contribution in [0.15, 0.2) is 24.3 Å². The predicted molar refractivity (Wildman–Crippen MR) is 73.4 cm³/mol. The number of halogens is 1. The number of carbonyl (C=O) groups excluding carboxylic acids is 1. The third kappa shape index (κ3) is 3.53. The number of likely N-dealkylation sites (tertiary alicyclic amines) is 1. The molecule has 0 aliphatic carbocycles. The van der Waals surface area contributed by atoms with E-state index in [4.69, 9.17) is 0 Å². The number of nitrogens with zero attached hydrogens (tertiary/aromatic N) is 1. The zero-order valence-electron chi connectivity index (χ0n) is 11.4. The normalized spacial score (nSPS) is 19.2. The average molecular weight is 264 g/mol. The van der Waals surface area contributed by atoms with Crippen molar-refractivity contribution in [2.24, 2.45) is 0 Å². The SMILES string of the molecule is CCCNC1CCN(CCc2ccccc2F)C1=O. The minimum Gasteiger partial charge on any atom is -0.341 e. The highest BCUT2D eigenvalue weighted by Gasteiger charge is 2.30. The summed E-state index contributed by atoms with van der Waals surface area (Å²) in [4.78, 5) is 13.9. The van der Waals surface area contributed by atoms with E-state index >= 15 is 0 Å². The number of rotatable bonds is 6. The summed E-state index contributed by atoms with van der Waals surface area (Å²) < 4.78 is 13.5. The van der Waals surface area contributed by atoms with Crippen LogP contribution in [0.25, 0.3) is 0 Å². The van der Waals surface area contributed by atoms with Gasteiger partial charge in [0.15, 0.2) is 0 Å². The van der Waals surface area contributed by atoms with Gasteiger partial charge < -0.3 is 10.2 Å². The number of hydrogen-bond acceptors (Lipinski definition) is 2. The lowest BCUT2D eigenvalue weighted by atomic mass is 10.1. The fraction of sp³-hybridized carbons (Fsp3) is 0.533. The van der Waals surface area contributed by atoms with Crippen LogP contribution in [0.1, 0.15) is 25.3 Å². The molecule has 0 spiro atoms. The number of benzene rings is 1. The van der Waals surface area contributed by atoms with Gasteiger partial charge in [0.25, 0.3) is 0 Å². The fourth-order valence-electron chi connectivity index (χ4n) is 2.43. The van der Waals surface area contributed by atoms with Gasteiger partial charge in [0.1, 0.15) is 5.82 Å². The molecular formula is C15H21FN2O. The van der Waals surface area contributed by atoms with Crippen LogP contribution in [0, 0.1) is 5.82 Å². The first kappa shape index (κ1) is 14.0. The maximum absolute atomic E-state index is 13.5. The van der Waals surface area contributed by atoms with Crippen molar-refractivity contribution >= 4 is 5.91 Å². The van der Waals surface area contributed by atoms with Crippen LogP contribution in [-0.2, 0) is 11.2 Å². The second-order valence-corrected chi connectivity index (χ2v) is 4.96. The molecular weight excluding hydrogens is 243 g/mol. The molecule has 0 bridgehead atoms. The molecule has 4 heteroatoms. The number of hydrogen-bond donors (Lipinski definition) is 1. The van der Waals surface area contributed by atoms with Crippen LogP contribution in [0.4, 0.5) is 4.39 Å². The van der Waals surface area contributed by atoms with Crippen LogP contribution >= 0.6 is 0 Å². The monoisotopic (exact) mass is 264 g/mol. The summed E-state index contributed by atoms with van der Waals surface area (Å²) >= 11 is 0. The molecule has 1 fully saturated rings. The van der Waals surface area contributed by atoms with Gasteiger partial charge in [-0.1, -0.05) is 25.1 Å². The van der Waals surface area contributed by atoms with E-state index < -0.39 is 0 Å². The van der Waals surface area contributed by atoms with Gasteiger partial charge in [-0.05, 0) is 37.4 Å². The highest BCUT2D eigenvalue weighted by atomic mass is 19.1. The molecule has 1 unspecified atom stereocenters. The Morgan fingerprint density at radius 2 is 2.21 bits per heavy atom. The van der Waals surface area contributed by atoms with Crippen molar-refractivity contribution in [2.45, 2.75) is 32.2 Å². The first-order valence-electron chi connectivity index (χ1n) is 6.98. The topological polar surface area (TPSA) is 32.3 Å². The van der Waals surface area contributed by atoms with Crippen LogP contribution in [0.2, 0.25) is 0 Å². The maximum Gasteiger partial charge on any atom is 0.239 e. The molecule has 1 saturated heterocycles. The summed E-state index contributed by atoms with van der Waals surface area (Å²) in [5.41, 5.74) is 0.681. The van der Waals surface area contributed by atoms with Gasteiger partial charge in [-0.15, -0.1) is 0 Å². The van der Waals surface area contributed by atoms with Gasteiger partial charge in [-0.25, -0.2) is 4.39 Å². The van der Waals surface area contributed by atoms with Crippen molar-refractivity contribution < 1.29 is 9.18 Å². The molecule has 19 heavy (non-hydrogen) atoms. The molecule has 1 aromatic carbocycles. The zero-order chi connectivity index (χ0) is 13.7. The fourth-order valence-corrected chi connectivity index (χ4v) is 2.43. The van der Waals surface area contributed by atoms with Crippen molar-refractivity contribution in [2.75, 3.05) is 19.6 Å². The molecule has 3 nitrogen and oxygen atoms in total. The quantitative estimate of drug-likeness (QED) is 0.852. The number of carbonyl (C=O) groups is 1. The molecule has 0 aromatic heterocycles. The van der Waals surface area contributed by atoms with Gasteiger partial charge >= 0.3 is 0 Å². The van der Waals surface area contributed by atoms with Crippen molar-refractivity contribution in [1.82, 2.24) is 10.2 Å². The first-order valence-corrected chi connectivity index (χ1v) is 6.98. The summed E-state index contributed by atoms with van der Waals surface area (Å²) in [5.74, 6) is -0.0282. The lowest BCUT2D eigenvalue weighted by Gasteiger charge is -2.17. The summed E-state index contributed by atoms with van der Waals surface area (Å²) in [6.07, 6.45) is 2.47. The van der Waals surface area contributed by atoms with Crippen molar-refractivity contribution in [3.63, 3.8) is 0 Å². The van der Waals surface area contributed by atoms with E-state index in [1.54, 1.807) is 12.1 Å². The molecule has 1 aliphatic rings. The van der Waals surface area contributed by atoms with E-state index in [1.165, 1.54) is 6.07 Å². The Hall–Kier alpha value is -1.42. The molecule has 1 heterocycles. The van der Waals surface area contributed by atoms with E-state index in [2.05, 4.69) is 12.2 Å². The minimum atomic E-state index is -0.185. The Morgan fingerprint density at radius 3 is 2.95 bits per heavy atom. The molecule has 104 valence electrons. The van der Waals surface area contributed by atoms with Crippen molar-refractivity contribution in [3.8, 4) is 0 Å². The maximum atomic E-state index is 13.5. The molecule has 1 N–H and O–H groups in total. The van der Waals surface area contributed by atoms with Crippen LogP contribution in [0.5, 0.6) is 0 Å². The molecule has 0 radical (unpaired) electrons. The standard InChI is InChI=1S/C15H21FN2O/c1-2-9-17-14-8-11-18(15(14)19)10-7-12-5-3-4-6-13(12)16/h3-6,14,17H,2,7-11H2,1H3. The van der Waals surface area contributed by atoms with Gasteiger partial charge in [-0.3, -0.25) is 4.79 Å². The van der Waals surface area contributed by atoms with Gasteiger partial charge in [-0.2, -0.15) is 0 Å². The Labute approximate surface area is 113 Å². The van der Waals surface area contributed by atoms with E-state index in [0.717, 1.165) is 25.9 Å². The molecule has 1 amide bonds. The highest BCUT2D eigenvalue weighted by molar-refractivity contribution is 5.83. The van der Waals surface area contributed by atoms with E-state index in [9.17, 15) is 9.18 Å². The molecule has 0 saturated carbocycles. The molecule has 1 atom stereocenters. The predicted octanol–water partition coefficient (Wildman–Crippen LogP) is 1.97. The van der Waals surface area contributed by atoms with E-state index in [0.29, 0.717) is 18.5 Å². The Bertz CT molecular complexity index is 436. The summed E-state index contributed by atoms with van der Waals surface area (Å²) in [7, 11) is 0. The molecule has 2 rings (SSSR count). The average Bonchev–Trinajstić information content (AvgIpc) is 2.76. The minimum absolute atomic E-state index is 0.0411. The third-order valence-electron chi connectivity index (χ3n) is 3.55. The summed E-state index contributed by atoms with van der Waals surface area (Å²) in [5, 5.41) is 3.26. The van der Waals surface area contributed by atoms with Gasteiger partial charge in [0.05, 0.1) is 6.04 Å². The van der Waals surface area contributed by atoms with Crippen LogP contribution in [-0.4, -0.2) is 36.5 Å². The van der Waals surface area contributed by atoms with Crippen LogP contribution < -0.4 is 5.32 Å². The van der Waals surface area contributed by atoms with Crippen molar-refractivity contribution in [1.29, 1.82) is 0 Å². The first-order chi connectivity index (χ1) is 9.22. The third-order valence-corrected chi connectivity index (χ3v) is 3.55. The Kier molecular flexibility index (Phi) is 4.91. The summed E-state index contributed by atoms with van der Waals surface area (Å²) in [6.45, 7) is 4.33. The Balaban J connectivity index is 1.84. The second-order valence-electron chi connectivity index (χ2n) is 4.96. The largest absolute Gasteiger partial charge is 0.341 e. The van der Waals surface area contributed by atoms with Crippen LogP contribution in [0.3, 0.4) is 0 Å². The number of nitrogens with one attached hydrogen (secondary N) is 1. The summed E-state index contributed by atoms with van der Waals surface area (Å²) in [6, 6.07) is 6.72.